The third-order valence-electron chi connectivity index (χ3n) is 3.18. The summed E-state index contributed by atoms with van der Waals surface area (Å²) in [6, 6.07) is 7.56. The fraction of sp³-hybridized carbons (Fsp3) is 0.294. The Labute approximate surface area is 140 Å². The standard InChI is InChI=1S/C17H19N5O2/c1-11(2)23-15-9-13(6-8-18-15)10-20-16-14(5-4-7-19-16)17-21-12(3)22-24-17/h4-9,11H,10H2,1-3H3,(H,19,20). The van der Waals surface area contributed by atoms with E-state index in [1.54, 1.807) is 19.3 Å². The van der Waals surface area contributed by atoms with Crippen LogP contribution in [0.3, 0.4) is 0 Å². The van der Waals surface area contributed by atoms with Crippen molar-refractivity contribution in [2.45, 2.75) is 33.4 Å². The van der Waals surface area contributed by atoms with E-state index in [1.165, 1.54) is 0 Å². The molecule has 0 aliphatic rings. The van der Waals surface area contributed by atoms with Crippen molar-refractivity contribution in [3.8, 4) is 17.3 Å². The molecule has 0 aliphatic heterocycles. The lowest BCUT2D eigenvalue weighted by Gasteiger charge is -2.11. The normalized spacial score (nSPS) is 10.8. The zero-order valence-electron chi connectivity index (χ0n) is 13.9. The van der Waals surface area contributed by atoms with Gasteiger partial charge in [-0.05, 0) is 44.5 Å². The summed E-state index contributed by atoms with van der Waals surface area (Å²) in [6.45, 7) is 6.30. The number of nitrogens with one attached hydrogen (secondary N) is 1. The molecule has 3 rings (SSSR count). The average molecular weight is 325 g/mol. The van der Waals surface area contributed by atoms with Gasteiger partial charge in [-0.3, -0.25) is 0 Å². The van der Waals surface area contributed by atoms with Crippen molar-refractivity contribution in [2.75, 3.05) is 5.32 Å². The second-order valence-electron chi connectivity index (χ2n) is 5.57. The number of anilines is 1. The van der Waals surface area contributed by atoms with Gasteiger partial charge in [0.25, 0.3) is 5.89 Å². The van der Waals surface area contributed by atoms with Gasteiger partial charge in [-0.2, -0.15) is 4.98 Å². The first-order chi connectivity index (χ1) is 11.6. The molecule has 0 aromatic carbocycles. The third kappa shape index (κ3) is 3.87. The highest BCUT2D eigenvalue weighted by Gasteiger charge is 2.12. The smallest absolute Gasteiger partial charge is 0.261 e. The molecule has 0 radical (unpaired) electrons. The van der Waals surface area contributed by atoms with Crippen molar-refractivity contribution in [1.29, 1.82) is 0 Å². The molecule has 0 aliphatic carbocycles. The fourth-order valence-corrected chi connectivity index (χ4v) is 2.18. The predicted octanol–water partition coefficient (Wildman–Crippen LogP) is 3.23. The molecule has 0 saturated carbocycles. The number of ether oxygens (including phenoxy) is 1. The molecule has 7 nitrogen and oxygen atoms in total. The maximum Gasteiger partial charge on any atom is 0.261 e. The van der Waals surface area contributed by atoms with Crippen molar-refractivity contribution in [1.82, 2.24) is 20.1 Å². The van der Waals surface area contributed by atoms with Crippen LogP contribution in [0.5, 0.6) is 5.88 Å². The van der Waals surface area contributed by atoms with Crippen LogP contribution >= 0.6 is 0 Å². The van der Waals surface area contributed by atoms with E-state index < -0.39 is 0 Å². The fourth-order valence-electron chi connectivity index (χ4n) is 2.18. The summed E-state index contributed by atoms with van der Waals surface area (Å²) in [7, 11) is 0. The predicted molar refractivity (Wildman–Crippen MR) is 89.6 cm³/mol. The largest absolute Gasteiger partial charge is 0.475 e. The third-order valence-corrected chi connectivity index (χ3v) is 3.18. The summed E-state index contributed by atoms with van der Waals surface area (Å²) in [5.74, 6) is 2.33. The van der Waals surface area contributed by atoms with Crippen molar-refractivity contribution in [3.05, 3.63) is 48.0 Å². The first-order valence-corrected chi connectivity index (χ1v) is 7.73. The van der Waals surface area contributed by atoms with E-state index in [-0.39, 0.29) is 6.10 Å². The lowest BCUT2D eigenvalue weighted by molar-refractivity contribution is 0.232. The van der Waals surface area contributed by atoms with Crippen molar-refractivity contribution >= 4 is 5.82 Å². The van der Waals surface area contributed by atoms with Crippen LogP contribution in [0.15, 0.2) is 41.2 Å². The van der Waals surface area contributed by atoms with E-state index in [4.69, 9.17) is 9.26 Å². The minimum Gasteiger partial charge on any atom is -0.475 e. The molecule has 0 fully saturated rings. The van der Waals surface area contributed by atoms with E-state index in [9.17, 15) is 0 Å². The summed E-state index contributed by atoms with van der Waals surface area (Å²) < 4.78 is 10.8. The number of hydrogen-bond donors (Lipinski definition) is 1. The number of aryl methyl sites for hydroxylation is 1. The SMILES string of the molecule is Cc1noc(-c2cccnc2NCc2ccnc(OC(C)C)c2)n1. The highest BCUT2D eigenvalue weighted by molar-refractivity contribution is 5.68. The van der Waals surface area contributed by atoms with Crippen molar-refractivity contribution < 1.29 is 9.26 Å². The van der Waals surface area contributed by atoms with E-state index in [0.29, 0.717) is 30.0 Å². The van der Waals surface area contributed by atoms with Crippen LogP contribution in [-0.4, -0.2) is 26.2 Å². The van der Waals surface area contributed by atoms with Gasteiger partial charge in [0.1, 0.15) is 5.82 Å². The molecule has 0 amide bonds. The monoisotopic (exact) mass is 325 g/mol. The van der Waals surface area contributed by atoms with Gasteiger partial charge < -0.3 is 14.6 Å². The van der Waals surface area contributed by atoms with Crippen LogP contribution in [0.25, 0.3) is 11.5 Å². The molecule has 0 spiro atoms. The second-order valence-corrected chi connectivity index (χ2v) is 5.57. The molecule has 0 saturated heterocycles. The zero-order chi connectivity index (χ0) is 16.9. The number of aromatic nitrogens is 4. The minimum atomic E-state index is 0.0869. The highest BCUT2D eigenvalue weighted by Crippen LogP contribution is 2.24. The van der Waals surface area contributed by atoms with E-state index in [2.05, 4.69) is 25.4 Å². The Morgan fingerprint density at radius 2 is 2.08 bits per heavy atom. The van der Waals surface area contributed by atoms with Crippen LogP contribution in [0.4, 0.5) is 5.82 Å². The van der Waals surface area contributed by atoms with Gasteiger partial charge in [0.15, 0.2) is 5.82 Å². The number of rotatable bonds is 6. The van der Waals surface area contributed by atoms with Gasteiger partial charge in [-0.1, -0.05) is 5.16 Å². The Morgan fingerprint density at radius 3 is 2.83 bits per heavy atom. The van der Waals surface area contributed by atoms with Crippen LogP contribution in [0.1, 0.15) is 25.2 Å². The van der Waals surface area contributed by atoms with Gasteiger partial charge in [0.05, 0.1) is 11.7 Å². The van der Waals surface area contributed by atoms with Gasteiger partial charge in [0, 0.05) is 25.0 Å². The molecule has 3 aromatic heterocycles. The molecule has 0 atom stereocenters. The zero-order valence-corrected chi connectivity index (χ0v) is 13.9. The molecular weight excluding hydrogens is 306 g/mol. The Hall–Kier alpha value is -2.96. The quantitative estimate of drug-likeness (QED) is 0.744. The molecule has 1 N–H and O–H groups in total. The summed E-state index contributed by atoms with van der Waals surface area (Å²) in [5, 5.41) is 7.12. The van der Waals surface area contributed by atoms with Crippen LogP contribution < -0.4 is 10.1 Å². The molecule has 7 heteroatoms. The van der Waals surface area contributed by atoms with Gasteiger partial charge in [0.2, 0.25) is 5.88 Å². The molecule has 0 bridgehead atoms. The van der Waals surface area contributed by atoms with Crippen LogP contribution in [-0.2, 0) is 6.54 Å². The van der Waals surface area contributed by atoms with E-state index in [0.717, 1.165) is 11.1 Å². The Morgan fingerprint density at radius 1 is 1.21 bits per heavy atom. The van der Waals surface area contributed by atoms with Crippen LogP contribution in [0.2, 0.25) is 0 Å². The molecule has 3 heterocycles. The van der Waals surface area contributed by atoms with E-state index in [1.807, 2.05) is 38.1 Å². The number of nitrogens with zero attached hydrogens (tertiary/aromatic N) is 4. The Kier molecular flexibility index (Phi) is 4.69. The van der Waals surface area contributed by atoms with E-state index >= 15 is 0 Å². The average Bonchev–Trinajstić information content (AvgIpc) is 2.99. The van der Waals surface area contributed by atoms with Gasteiger partial charge in [-0.25, -0.2) is 9.97 Å². The molecule has 124 valence electrons. The summed E-state index contributed by atoms with van der Waals surface area (Å²) in [4.78, 5) is 12.8. The highest BCUT2D eigenvalue weighted by atomic mass is 16.5. The van der Waals surface area contributed by atoms with Crippen molar-refractivity contribution in [2.24, 2.45) is 0 Å². The first kappa shape index (κ1) is 15.9. The van der Waals surface area contributed by atoms with Gasteiger partial charge >= 0.3 is 0 Å². The maximum absolute atomic E-state index is 5.61. The number of hydrogen-bond acceptors (Lipinski definition) is 7. The second kappa shape index (κ2) is 7.08. The molecular formula is C17H19N5O2. The molecule has 24 heavy (non-hydrogen) atoms. The summed E-state index contributed by atoms with van der Waals surface area (Å²) in [6.07, 6.45) is 3.54. The summed E-state index contributed by atoms with van der Waals surface area (Å²) in [5.41, 5.74) is 1.81. The van der Waals surface area contributed by atoms with Gasteiger partial charge in [-0.15, -0.1) is 0 Å². The molecule has 3 aromatic rings. The lowest BCUT2D eigenvalue weighted by Crippen LogP contribution is -2.08. The summed E-state index contributed by atoms with van der Waals surface area (Å²) >= 11 is 0. The Bertz CT molecular complexity index is 816. The lowest BCUT2D eigenvalue weighted by atomic mass is 10.2. The topological polar surface area (TPSA) is 86.0 Å². The number of pyridine rings is 2. The van der Waals surface area contributed by atoms with Crippen LogP contribution in [0, 0.1) is 6.92 Å². The Balaban J connectivity index is 1.76. The van der Waals surface area contributed by atoms with Crippen molar-refractivity contribution in [3.63, 3.8) is 0 Å². The first-order valence-electron chi connectivity index (χ1n) is 7.73. The molecule has 0 unspecified atom stereocenters. The minimum absolute atomic E-state index is 0.0869. The maximum atomic E-state index is 5.61.